The van der Waals surface area contributed by atoms with Gasteiger partial charge in [0.05, 0.1) is 0 Å². The molecule has 17 heavy (non-hydrogen) atoms. The second-order valence-corrected chi connectivity index (χ2v) is 3.98. The minimum atomic E-state index is -1.01. The number of carboxylic acid groups (broad SMARTS) is 1. The van der Waals surface area contributed by atoms with Gasteiger partial charge in [-0.3, -0.25) is 0 Å². The molecule has 0 fully saturated rings. The fourth-order valence-corrected chi connectivity index (χ4v) is 1.34. The lowest BCUT2D eigenvalue weighted by atomic mass is 10.2. The van der Waals surface area contributed by atoms with Crippen molar-refractivity contribution in [1.82, 2.24) is 10.6 Å². The summed E-state index contributed by atoms with van der Waals surface area (Å²) in [5.41, 5.74) is 0. The number of aliphatic carboxylic acids is 1. The van der Waals surface area contributed by atoms with E-state index < -0.39 is 18.0 Å². The minimum Gasteiger partial charge on any atom is -0.480 e. The number of rotatable bonds is 8. The molecule has 2 amide bonds. The molecule has 1 unspecified atom stereocenters. The quantitative estimate of drug-likeness (QED) is 0.595. The minimum absolute atomic E-state index is 0.0500. The van der Waals surface area contributed by atoms with Gasteiger partial charge in [0.1, 0.15) is 6.04 Å². The van der Waals surface area contributed by atoms with Crippen molar-refractivity contribution in [3.05, 3.63) is 0 Å². The Kier molecular flexibility index (Phi) is 8.13. The summed E-state index contributed by atoms with van der Waals surface area (Å²) in [5.74, 6) is -1.01. The average molecular weight is 246 g/mol. The van der Waals surface area contributed by atoms with Crippen molar-refractivity contribution in [2.24, 2.45) is 0 Å². The van der Waals surface area contributed by atoms with Crippen LogP contribution in [0.4, 0.5) is 4.79 Å². The zero-order valence-corrected chi connectivity index (χ0v) is 10.7. The largest absolute Gasteiger partial charge is 0.480 e. The maximum Gasteiger partial charge on any atom is 0.326 e. The Morgan fingerprint density at radius 3 is 2.41 bits per heavy atom. The van der Waals surface area contributed by atoms with E-state index in [0.29, 0.717) is 25.9 Å². The highest BCUT2D eigenvalue weighted by Gasteiger charge is 2.19. The van der Waals surface area contributed by atoms with Crippen molar-refractivity contribution in [3.63, 3.8) is 0 Å². The number of hydrogen-bond acceptors (Lipinski definition) is 3. The van der Waals surface area contributed by atoms with E-state index in [-0.39, 0.29) is 6.04 Å². The first kappa shape index (κ1) is 15.7. The van der Waals surface area contributed by atoms with E-state index in [0.717, 1.165) is 0 Å². The van der Waals surface area contributed by atoms with E-state index in [1.54, 1.807) is 7.11 Å². The molecule has 0 radical (unpaired) electrons. The van der Waals surface area contributed by atoms with Crippen LogP contribution in [0.3, 0.4) is 0 Å². The van der Waals surface area contributed by atoms with E-state index in [1.165, 1.54) is 0 Å². The molecule has 0 aromatic heterocycles. The summed E-state index contributed by atoms with van der Waals surface area (Å²) in [5, 5.41) is 14.0. The van der Waals surface area contributed by atoms with Gasteiger partial charge in [0.15, 0.2) is 0 Å². The topological polar surface area (TPSA) is 87.7 Å². The van der Waals surface area contributed by atoms with Crippen LogP contribution in [0.5, 0.6) is 0 Å². The second kappa shape index (κ2) is 8.81. The summed E-state index contributed by atoms with van der Waals surface area (Å²) >= 11 is 0. The van der Waals surface area contributed by atoms with Crippen molar-refractivity contribution in [3.8, 4) is 0 Å². The Labute approximate surface area is 102 Å². The SMILES string of the molecule is CCC[C@H](NC(=O)NC(C)CCOC)C(=O)O. The molecule has 0 aromatic rings. The smallest absolute Gasteiger partial charge is 0.326 e. The molecule has 0 bridgehead atoms. The molecule has 0 rings (SSSR count). The zero-order valence-electron chi connectivity index (χ0n) is 10.7. The highest BCUT2D eigenvalue weighted by Crippen LogP contribution is 1.97. The van der Waals surface area contributed by atoms with Gasteiger partial charge < -0.3 is 20.5 Å². The molecule has 100 valence electrons. The predicted molar refractivity (Wildman–Crippen MR) is 64.0 cm³/mol. The Balaban J connectivity index is 4.00. The maximum atomic E-state index is 11.5. The number of hydrogen-bond donors (Lipinski definition) is 3. The van der Waals surface area contributed by atoms with Crippen LogP contribution < -0.4 is 10.6 Å². The van der Waals surface area contributed by atoms with E-state index >= 15 is 0 Å². The van der Waals surface area contributed by atoms with Crippen LogP contribution in [0.2, 0.25) is 0 Å². The molecule has 3 N–H and O–H groups in total. The summed E-state index contributed by atoms with van der Waals surface area (Å²) in [6, 6.07) is -1.32. The van der Waals surface area contributed by atoms with Crippen molar-refractivity contribution in [2.75, 3.05) is 13.7 Å². The highest BCUT2D eigenvalue weighted by molar-refractivity contribution is 5.82. The van der Waals surface area contributed by atoms with Crippen LogP contribution in [0.25, 0.3) is 0 Å². The Hall–Kier alpha value is -1.30. The van der Waals surface area contributed by atoms with Gasteiger partial charge in [0, 0.05) is 19.8 Å². The zero-order chi connectivity index (χ0) is 13.3. The summed E-state index contributed by atoms with van der Waals surface area (Å²) in [4.78, 5) is 22.3. The van der Waals surface area contributed by atoms with Crippen molar-refractivity contribution in [2.45, 2.75) is 45.2 Å². The Bertz CT molecular complexity index is 246. The standard InChI is InChI=1S/C11H22N2O4/c1-4-5-9(10(14)15)13-11(16)12-8(2)6-7-17-3/h8-9H,4-7H2,1-3H3,(H,14,15)(H2,12,13,16)/t8?,9-/m0/s1. The molecule has 0 aliphatic rings. The number of carbonyl (C=O) groups is 2. The van der Waals surface area contributed by atoms with Crippen LogP contribution in [-0.4, -0.2) is 42.9 Å². The van der Waals surface area contributed by atoms with Gasteiger partial charge in [-0.2, -0.15) is 0 Å². The molecule has 0 heterocycles. The number of amides is 2. The van der Waals surface area contributed by atoms with Gasteiger partial charge in [0.25, 0.3) is 0 Å². The van der Waals surface area contributed by atoms with Gasteiger partial charge in [-0.15, -0.1) is 0 Å². The van der Waals surface area contributed by atoms with Gasteiger partial charge in [-0.25, -0.2) is 9.59 Å². The molecule has 2 atom stereocenters. The molecule has 6 nitrogen and oxygen atoms in total. The van der Waals surface area contributed by atoms with Gasteiger partial charge >= 0.3 is 12.0 Å². The molecular weight excluding hydrogens is 224 g/mol. The fraction of sp³-hybridized carbons (Fsp3) is 0.818. The first-order chi connectivity index (χ1) is 8.01. The lowest BCUT2D eigenvalue weighted by Gasteiger charge is -2.17. The lowest BCUT2D eigenvalue weighted by molar-refractivity contribution is -0.139. The third-order valence-electron chi connectivity index (χ3n) is 2.31. The third kappa shape index (κ3) is 7.57. The highest BCUT2D eigenvalue weighted by atomic mass is 16.5. The number of urea groups is 1. The normalized spacial score (nSPS) is 13.8. The summed E-state index contributed by atoms with van der Waals surface area (Å²) in [6.45, 7) is 4.27. The molecule has 0 aliphatic carbocycles. The maximum absolute atomic E-state index is 11.5. The van der Waals surface area contributed by atoms with Crippen molar-refractivity contribution in [1.29, 1.82) is 0 Å². The van der Waals surface area contributed by atoms with Crippen molar-refractivity contribution >= 4 is 12.0 Å². The van der Waals surface area contributed by atoms with Crippen molar-refractivity contribution < 1.29 is 19.4 Å². The fourth-order valence-electron chi connectivity index (χ4n) is 1.34. The van der Waals surface area contributed by atoms with E-state index in [4.69, 9.17) is 9.84 Å². The summed E-state index contributed by atoms with van der Waals surface area (Å²) in [6.07, 6.45) is 1.82. The monoisotopic (exact) mass is 246 g/mol. The number of ether oxygens (including phenoxy) is 1. The number of methoxy groups -OCH3 is 1. The Morgan fingerprint density at radius 1 is 1.29 bits per heavy atom. The lowest BCUT2D eigenvalue weighted by Crippen LogP contribution is -2.48. The molecular formula is C11H22N2O4. The number of nitrogens with one attached hydrogen (secondary N) is 2. The summed E-state index contributed by atoms with van der Waals surface area (Å²) < 4.78 is 4.89. The summed E-state index contributed by atoms with van der Waals surface area (Å²) in [7, 11) is 1.59. The number of carboxylic acids is 1. The predicted octanol–water partition coefficient (Wildman–Crippen LogP) is 0.964. The van der Waals surface area contributed by atoms with Gasteiger partial charge in [-0.05, 0) is 19.8 Å². The van der Waals surface area contributed by atoms with Gasteiger partial charge in [0.2, 0.25) is 0 Å². The molecule has 6 heteroatoms. The first-order valence-electron chi connectivity index (χ1n) is 5.80. The van der Waals surface area contributed by atoms with Crippen LogP contribution in [0.1, 0.15) is 33.1 Å². The van der Waals surface area contributed by atoms with E-state index in [2.05, 4.69) is 10.6 Å². The average Bonchev–Trinajstić information content (AvgIpc) is 2.25. The first-order valence-corrected chi connectivity index (χ1v) is 5.80. The van der Waals surface area contributed by atoms with Crippen LogP contribution >= 0.6 is 0 Å². The number of carbonyl (C=O) groups excluding carboxylic acids is 1. The second-order valence-electron chi connectivity index (χ2n) is 3.98. The van der Waals surface area contributed by atoms with E-state index in [1.807, 2.05) is 13.8 Å². The van der Waals surface area contributed by atoms with E-state index in [9.17, 15) is 9.59 Å². The third-order valence-corrected chi connectivity index (χ3v) is 2.31. The van der Waals surface area contributed by atoms with Gasteiger partial charge in [-0.1, -0.05) is 13.3 Å². The Morgan fingerprint density at radius 2 is 1.94 bits per heavy atom. The molecule has 0 spiro atoms. The van der Waals surface area contributed by atoms with Crippen LogP contribution in [0, 0.1) is 0 Å². The molecule has 0 saturated carbocycles. The molecule has 0 aromatic carbocycles. The van der Waals surface area contributed by atoms with Crippen LogP contribution in [-0.2, 0) is 9.53 Å². The van der Waals surface area contributed by atoms with Crippen LogP contribution in [0.15, 0.2) is 0 Å². The molecule has 0 saturated heterocycles. The molecule has 0 aliphatic heterocycles.